The van der Waals surface area contributed by atoms with E-state index in [0.29, 0.717) is 23.9 Å². The molecule has 0 bridgehead atoms. The Labute approximate surface area is 132 Å². The summed E-state index contributed by atoms with van der Waals surface area (Å²) in [4.78, 5) is 20.9. The molecule has 0 aliphatic carbocycles. The van der Waals surface area contributed by atoms with Crippen molar-refractivity contribution in [2.45, 2.75) is 20.0 Å². The number of halogens is 1. The molecular weight excluding hydrogens is 300 g/mol. The molecule has 3 aromatic rings. The SMILES string of the molecule is CCn1c(=O)c(NCc2ccc(Cl)cc2)nc2ccncc21. The van der Waals surface area contributed by atoms with E-state index in [0.717, 1.165) is 16.6 Å². The van der Waals surface area contributed by atoms with Crippen molar-refractivity contribution in [1.82, 2.24) is 14.5 Å². The lowest BCUT2D eigenvalue weighted by Crippen LogP contribution is -2.25. The summed E-state index contributed by atoms with van der Waals surface area (Å²) < 4.78 is 1.67. The van der Waals surface area contributed by atoms with Gasteiger partial charge in [-0.3, -0.25) is 9.78 Å². The Hall–Kier alpha value is -2.40. The number of nitrogens with zero attached hydrogens (tertiary/aromatic N) is 3. The number of aryl methyl sites for hydroxylation is 1. The van der Waals surface area contributed by atoms with E-state index in [2.05, 4.69) is 15.3 Å². The summed E-state index contributed by atoms with van der Waals surface area (Å²) in [5, 5.41) is 3.80. The number of benzene rings is 1. The van der Waals surface area contributed by atoms with Crippen molar-refractivity contribution in [3.05, 3.63) is 63.7 Å². The number of hydrogen-bond donors (Lipinski definition) is 1. The second kappa shape index (κ2) is 6.15. The van der Waals surface area contributed by atoms with Crippen LogP contribution in [-0.2, 0) is 13.1 Å². The molecule has 112 valence electrons. The Balaban J connectivity index is 1.95. The van der Waals surface area contributed by atoms with Crippen LogP contribution in [0.15, 0.2) is 47.5 Å². The Kier molecular flexibility index (Phi) is 4.06. The lowest BCUT2D eigenvalue weighted by molar-refractivity contribution is 0.752. The highest BCUT2D eigenvalue weighted by atomic mass is 35.5. The molecule has 0 atom stereocenters. The van der Waals surface area contributed by atoms with Crippen LogP contribution in [0.4, 0.5) is 5.82 Å². The number of aromatic nitrogens is 3. The van der Waals surface area contributed by atoms with Crippen molar-refractivity contribution in [3.63, 3.8) is 0 Å². The highest BCUT2D eigenvalue weighted by Crippen LogP contribution is 2.13. The Morgan fingerprint density at radius 2 is 2.00 bits per heavy atom. The summed E-state index contributed by atoms with van der Waals surface area (Å²) in [6.07, 6.45) is 3.33. The third kappa shape index (κ3) is 2.80. The normalized spacial score (nSPS) is 10.8. The van der Waals surface area contributed by atoms with Gasteiger partial charge in [0, 0.05) is 24.3 Å². The van der Waals surface area contributed by atoms with Gasteiger partial charge in [0.15, 0.2) is 5.82 Å². The van der Waals surface area contributed by atoms with Crippen molar-refractivity contribution < 1.29 is 0 Å². The van der Waals surface area contributed by atoms with Gasteiger partial charge in [-0.05, 0) is 30.7 Å². The average molecular weight is 315 g/mol. The van der Waals surface area contributed by atoms with Gasteiger partial charge in [0.25, 0.3) is 5.56 Å². The maximum atomic E-state index is 12.5. The quantitative estimate of drug-likeness (QED) is 0.804. The van der Waals surface area contributed by atoms with Crippen LogP contribution in [0.1, 0.15) is 12.5 Å². The molecule has 0 aliphatic heterocycles. The van der Waals surface area contributed by atoms with Crippen LogP contribution >= 0.6 is 11.6 Å². The molecule has 0 aliphatic rings. The van der Waals surface area contributed by atoms with E-state index in [1.165, 1.54) is 0 Å². The summed E-state index contributed by atoms with van der Waals surface area (Å²) in [6, 6.07) is 9.27. The first kappa shape index (κ1) is 14.5. The topological polar surface area (TPSA) is 59.8 Å². The summed E-state index contributed by atoms with van der Waals surface area (Å²) >= 11 is 5.87. The molecule has 3 rings (SSSR count). The van der Waals surface area contributed by atoms with E-state index in [4.69, 9.17) is 11.6 Å². The van der Waals surface area contributed by atoms with E-state index in [1.54, 1.807) is 23.0 Å². The van der Waals surface area contributed by atoms with Crippen LogP contribution in [-0.4, -0.2) is 14.5 Å². The Morgan fingerprint density at radius 3 is 2.73 bits per heavy atom. The third-order valence-corrected chi connectivity index (χ3v) is 3.69. The molecule has 0 radical (unpaired) electrons. The maximum Gasteiger partial charge on any atom is 0.293 e. The van der Waals surface area contributed by atoms with Gasteiger partial charge in [-0.2, -0.15) is 0 Å². The number of anilines is 1. The molecule has 0 unspecified atom stereocenters. The van der Waals surface area contributed by atoms with Gasteiger partial charge < -0.3 is 9.88 Å². The second-order valence-electron chi connectivity index (χ2n) is 4.85. The smallest absolute Gasteiger partial charge is 0.293 e. The van der Waals surface area contributed by atoms with Crippen LogP contribution in [0.5, 0.6) is 0 Å². The third-order valence-electron chi connectivity index (χ3n) is 3.44. The molecule has 5 nitrogen and oxygen atoms in total. The predicted molar refractivity (Wildman–Crippen MR) is 88.3 cm³/mol. The van der Waals surface area contributed by atoms with E-state index in [1.807, 2.05) is 31.2 Å². The molecule has 0 saturated carbocycles. The Bertz CT molecular complexity index is 858. The lowest BCUT2D eigenvalue weighted by atomic mass is 10.2. The standard InChI is InChI=1S/C16H15ClN4O/c1-2-21-14-10-18-8-7-13(14)20-15(16(21)22)19-9-11-3-5-12(17)6-4-11/h3-8,10H,2,9H2,1H3,(H,19,20). The van der Waals surface area contributed by atoms with Gasteiger partial charge in [0.05, 0.1) is 17.2 Å². The van der Waals surface area contributed by atoms with Crippen molar-refractivity contribution >= 4 is 28.5 Å². The fourth-order valence-corrected chi connectivity index (χ4v) is 2.43. The van der Waals surface area contributed by atoms with Crippen molar-refractivity contribution in [1.29, 1.82) is 0 Å². The molecule has 0 spiro atoms. The van der Waals surface area contributed by atoms with E-state index in [9.17, 15) is 4.79 Å². The summed E-state index contributed by atoms with van der Waals surface area (Å²) in [7, 11) is 0. The number of hydrogen-bond acceptors (Lipinski definition) is 4. The highest BCUT2D eigenvalue weighted by molar-refractivity contribution is 6.30. The van der Waals surface area contributed by atoms with Gasteiger partial charge in [-0.1, -0.05) is 23.7 Å². The second-order valence-corrected chi connectivity index (χ2v) is 5.29. The summed E-state index contributed by atoms with van der Waals surface area (Å²) in [5.74, 6) is 0.343. The molecule has 0 saturated heterocycles. The first-order valence-corrected chi connectivity index (χ1v) is 7.39. The zero-order chi connectivity index (χ0) is 15.5. The fraction of sp³-hybridized carbons (Fsp3) is 0.188. The number of nitrogens with one attached hydrogen (secondary N) is 1. The first-order chi connectivity index (χ1) is 10.7. The zero-order valence-electron chi connectivity index (χ0n) is 12.1. The predicted octanol–water partition coefficient (Wildman–Crippen LogP) is 3.08. The van der Waals surface area contributed by atoms with Crippen LogP contribution in [0, 0.1) is 0 Å². The van der Waals surface area contributed by atoms with Crippen LogP contribution in [0.25, 0.3) is 11.0 Å². The van der Waals surface area contributed by atoms with Gasteiger partial charge in [-0.15, -0.1) is 0 Å². The molecule has 0 amide bonds. The fourth-order valence-electron chi connectivity index (χ4n) is 2.30. The monoisotopic (exact) mass is 314 g/mol. The van der Waals surface area contributed by atoms with Crippen molar-refractivity contribution in [2.24, 2.45) is 0 Å². The van der Waals surface area contributed by atoms with Gasteiger partial charge in [0.2, 0.25) is 0 Å². The van der Waals surface area contributed by atoms with Gasteiger partial charge in [-0.25, -0.2) is 4.98 Å². The van der Waals surface area contributed by atoms with E-state index >= 15 is 0 Å². The maximum absolute atomic E-state index is 12.5. The van der Waals surface area contributed by atoms with E-state index < -0.39 is 0 Å². The van der Waals surface area contributed by atoms with Gasteiger partial charge >= 0.3 is 0 Å². The molecule has 6 heteroatoms. The molecular formula is C16H15ClN4O. The number of pyridine rings is 1. The van der Waals surface area contributed by atoms with Crippen LogP contribution in [0.2, 0.25) is 5.02 Å². The molecule has 2 heterocycles. The molecule has 1 N–H and O–H groups in total. The molecule has 1 aromatic carbocycles. The Morgan fingerprint density at radius 1 is 1.23 bits per heavy atom. The van der Waals surface area contributed by atoms with Crippen LogP contribution in [0.3, 0.4) is 0 Å². The minimum atomic E-state index is -0.142. The van der Waals surface area contributed by atoms with Crippen molar-refractivity contribution in [2.75, 3.05) is 5.32 Å². The molecule has 0 fully saturated rings. The molecule has 2 aromatic heterocycles. The number of fused-ring (bicyclic) bond motifs is 1. The van der Waals surface area contributed by atoms with Crippen LogP contribution < -0.4 is 10.9 Å². The summed E-state index contributed by atoms with van der Waals surface area (Å²) in [5.41, 5.74) is 2.38. The average Bonchev–Trinajstić information content (AvgIpc) is 2.54. The zero-order valence-corrected chi connectivity index (χ0v) is 12.8. The first-order valence-electron chi connectivity index (χ1n) is 7.02. The van der Waals surface area contributed by atoms with E-state index in [-0.39, 0.29) is 5.56 Å². The molecule has 22 heavy (non-hydrogen) atoms. The van der Waals surface area contributed by atoms with Gasteiger partial charge in [0.1, 0.15) is 0 Å². The largest absolute Gasteiger partial charge is 0.361 e. The minimum absolute atomic E-state index is 0.142. The minimum Gasteiger partial charge on any atom is -0.361 e. The highest BCUT2D eigenvalue weighted by Gasteiger charge is 2.09. The number of rotatable bonds is 4. The lowest BCUT2D eigenvalue weighted by Gasteiger charge is -2.11. The van der Waals surface area contributed by atoms with Crippen molar-refractivity contribution in [3.8, 4) is 0 Å². The summed E-state index contributed by atoms with van der Waals surface area (Å²) in [6.45, 7) is 3.01.